The van der Waals surface area contributed by atoms with Crippen molar-refractivity contribution in [1.82, 2.24) is 0 Å². The molecule has 0 aliphatic carbocycles. The fourth-order valence-corrected chi connectivity index (χ4v) is 2.94. The number of ether oxygens (including phenoxy) is 1. The van der Waals surface area contributed by atoms with Crippen molar-refractivity contribution >= 4 is 39.3 Å². The summed E-state index contributed by atoms with van der Waals surface area (Å²) in [6.45, 7) is 1.38. The zero-order valence-electron chi connectivity index (χ0n) is 14.7. The number of Topliss-reactive ketones (excluding diaryl/α,β-unsaturated/α-hetero) is 1. The number of para-hydroxylation sites is 1. The summed E-state index contributed by atoms with van der Waals surface area (Å²) in [5.74, 6) is 0.255. The van der Waals surface area contributed by atoms with Gasteiger partial charge in [-0.25, -0.2) is 0 Å². The maximum absolute atomic E-state index is 12.2. The van der Waals surface area contributed by atoms with Crippen molar-refractivity contribution in [3.8, 4) is 5.75 Å². The van der Waals surface area contributed by atoms with Crippen LogP contribution in [0.5, 0.6) is 5.75 Å². The van der Waals surface area contributed by atoms with Crippen LogP contribution in [-0.2, 0) is 4.79 Å². The highest BCUT2D eigenvalue weighted by atomic mass is 16.5. The largest absolute Gasteiger partial charge is 0.484 e. The maximum Gasteiger partial charge on any atom is 0.262 e. The predicted octanol–water partition coefficient (Wildman–Crippen LogP) is 4.81. The molecule has 1 aromatic heterocycles. The van der Waals surface area contributed by atoms with Gasteiger partial charge in [0.05, 0.1) is 0 Å². The second-order valence-electron chi connectivity index (χ2n) is 6.23. The van der Waals surface area contributed by atoms with Gasteiger partial charge in [-0.3, -0.25) is 9.59 Å². The van der Waals surface area contributed by atoms with E-state index < -0.39 is 0 Å². The molecule has 5 nitrogen and oxygen atoms in total. The first-order chi connectivity index (χ1) is 13.1. The molecule has 0 fully saturated rings. The Labute approximate surface area is 155 Å². The van der Waals surface area contributed by atoms with Crippen molar-refractivity contribution in [3.63, 3.8) is 0 Å². The van der Waals surface area contributed by atoms with Gasteiger partial charge in [0.1, 0.15) is 16.9 Å². The van der Waals surface area contributed by atoms with Crippen molar-refractivity contribution in [2.75, 3.05) is 11.9 Å². The minimum absolute atomic E-state index is 0.0125. The molecule has 3 aromatic carbocycles. The van der Waals surface area contributed by atoms with E-state index >= 15 is 0 Å². The molecule has 27 heavy (non-hydrogen) atoms. The Balaban J connectivity index is 1.44. The number of benzene rings is 3. The molecule has 0 atom stereocenters. The first-order valence-corrected chi connectivity index (χ1v) is 8.55. The summed E-state index contributed by atoms with van der Waals surface area (Å²) in [6.07, 6.45) is 0. The summed E-state index contributed by atoms with van der Waals surface area (Å²) in [5.41, 5.74) is 2.87. The van der Waals surface area contributed by atoms with Gasteiger partial charge in [0.25, 0.3) is 5.91 Å². The van der Waals surface area contributed by atoms with Gasteiger partial charge in [-0.1, -0.05) is 18.2 Å². The quantitative estimate of drug-likeness (QED) is 0.519. The van der Waals surface area contributed by atoms with E-state index in [1.807, 2.05) is 36.4 Å². The maximum atomic E-state index is 12.2. The highest BCUT2D eigenvalue weighted by Crippen LogP contribution is 2.30. The molecule has 0 aliphatic rings. The molecular weight excluding hydrogens is 342 g/mol. The Kier molecular flexibility index (Phi) is 4.34. The summed E-state index contributed by atoms with van der Waals surface area (Å²) in [6, 6.07) is 20.0. The van der Waals surface area contributed by atoms with Crippen LogP contribution in [0.2, 0.25) is 0 Å². The van der Waals surface area contributed by atoms with E-state index in [9.17, 15) is 9.59 Å². The van der Waals surface area contributed by atoms with Gasteiger partial charge in [-0.15, -0.1) is 0 Å². The molecule has 0 unspecified atom stereocenters. The average molecular weight is 359 g/mol. The topological polar surface area (TPSA) is 68.5 Å². The van der Waals surface area contributed by atoms with Gasteiger partial charge in [0.2, 0.25) is 0 Å². The zero-order chi connectivity index (χ0) is 18.8. The lowest BCUT2D eigenvalue weighted by atomic mass is 10.1. The van der Waals surface area contributed by atoms with Crippen LogP contribution in [0.1, 0.15) is 17.3 Å². The first-order valence-electron chi connectivity index (χ1n) is 8.55. The number of hydrogen-bond acceptors (Lipinski definition) is 4. The Morgan fingerprint density at radius 3 is 2.44 bits per heavy atom. The van der Waals surface area contributed by atoms with Crippen molar-refractivity contribution in [2.24, 2.45) is 0 Å². The van der Waals surface area contributed by atoms with Crippen LogP contribution in [0.4, 0.5) is 5.69 Å². The van der Waals surface area contributed by atoms with Crippen LogP contribution < -0.4 is 10.1 Å². The Morgan fingerprint density at radius 1 is 0.926 bits per heavy atom. The number of carbonyl (C=O) groups is 2. The van der Waals surface area contributed by atoms with Gasteiger partial charge in [-0.05, 0) is 55.5 Å². The molecule has 0 spiro atoms. The molecule has 4 aromatic rings. The molecule has 0 radical (unpaired) electrons. The number of hydrogen-bond donors (Lipinski definition) is 1. The summed E-state index contributed by atoms with van der Waals surface area (Å²) >= 11 is 0. The lowest BCUT2D eigenvalue weighted by Crippen LogP contribution is -2.20. The summed E-state index contributed by atoms with van der Waals surface area (Å²) in [4.78, 5) is 23.5. The SMILES string of the molecule is CC(=O)c1ccc(OCC(=O)Nc2ccc3oc4ccccc4c3c2)cc1. The van der Waals surface area contributed by atoms with Crippen molar-refractivity contribution in [2.45, 2.75) is 6.92 Å². The van der Waals surface area contributed by atoms with E-state index in [1.54, 1.807) is 30.3 Å². The molecule has 4 rings (SSSR count). The van der Waals surface area contributed by atoms with Crippen molar-refractivity contribution in [1.29, 1.82) is 0 Å². The average Bonchev–Trinajstić information content (AvgIpc) is 3.05. The first kappa shape index (κ1) is 16.8. The number of ketones is 1. The third-order valence-electron chi connectivity index (χ3n) is 4.29. The molecule has 134 valence electrons. The number of amides is 1. The predicted molar refractivity (Wildman–Crippen MR) is 104 cm³/mol. The highest BCUT2D eigenvalue weighted by molar-refractivity contribution is 6.07. The molecule has 1 amide bonds. The van der Waals surface area contributed by atoms with E-state index in [0.29, 0.717) is 17.0 Å². The number of nitrogens with one attached hydrogen (secondary N) is 1. The van der Waals surface area contributed by atoms with Crippen molar-refractivity contribution < 1.29 is 18.7 Å². The standard InChI is InChI=1S/C22H17NO4/c1-14(24)15-6-9-17(10-7-15)26-13-22(25)23-16-8-11-21-19(12-16)18-4-2-3-5-20(18)27-21/h2-12H,13H2,1H3,(H,23,25). The van der Waals surface area contributed by atoms with Crippen LogP contribution in [0.25, 0.3) is 21.9 Å². The highest BCUT2D eigenvalue weighted by Gasteiger charge is 2.09. The van der Waals surface area contributed by atoms with E-state index in [4.69, 9.17) is 9.15 Å². The smallest absolute Gasteiger partial charge is 0.262 e. The van der Waals surface area contributed by atoms with Crippen LogP contribution >= 0.6 is 0 Å². The molecule has 5 heteroatoms. The van der Waals surface area contributed by atoms with Gasteiger partial charge in [0.15, 0.2) is 12.4 Å². The second kappa shape index (κ2) is 6.96. The van der Waals surface area contributed by atoms with E-state index in [-0.39, 0.29) is 18.3 Å². The van der Waals surface area contributed by atoms with Crippen LogP contribution in [0, 0.1) is 0 Å². The van der Waals surface area contributed by atoms with E-state index in [0.717, 1.165) is 21.9 Å². The zero-order valence-corrected chi connectivity index (χ0v) is 14.7. The lowest BCUT2D eigenvalue weighted by Gasteiger charge is -2.08. The number of anilines is 1. The molecule has 0 saturated carbocycles. The molecule has 1 N–H and O–H groups in total. The Morgan fingerprint density at radius 2 is 1.67 bits per heavy atom. The fraction of sp³-hybridized carbons (Fsp3) is 0.0909. The molecule has 1 heterocycles. The monoisotopic (exact) mass is 359 g/mol. The Bertz CT molecular complexity index is 1140. The van der Waals surface area contributed by atoms with E-state index in [2.05, 4.69) is 5.32 Å². The van der Waals surface area contributed by atoms with Gasteiger partial charge < -0.3 is 14.5 Å². The van der Waals surface area contributed by atoms with Crippen molar-refractivity contribution in [3.05, 3.63) is 72.3 Å². The number of fused-ring (bicyclic) bond motifs is 3. The molecule has 0 bridgehead atoms. The number of furan rings is 1. The number of carbonyl (C=O) groups excluding carboxylic acids is 2. The fourth-order valence-electron chi connectivity index (χ4n) is 2.94. The summed E-state index contributed by atoms with van der Waals surface area (Å²) < 4.78 is 11.3. The lowest BCUT2D eigenvalue weighted by molar-refractivity contribution is -0.118. The molecule has 0 aliphatic heterocycles. The molecule has 0 saturated heterocycles. The second-order valence-corrected chi connectivity index (χ2v) is 6.23. The van der Waals surface area contributed by atoms with Gasteiger partial charge in [-0.2, -0.15) is 0 Å². The normalized spacial score (nSPS) is 10.9. The van der Waals surface area contributed by atoms with Gasteiger partial charge in [0, 0.05) is 22.0 Å². The van der Waals surface area contributed by atoms with Gasteiger partial charge >= 0.3 is 0 Å². The minimum Gasteiger partial charge on any atom is -0.484 e. The number of rotatable bonds is 5. The van der Waals surface area contributed by atoms with Crippen LogP contribution in [0.15, 0.2) is 71.1 Å². The third kappa shape index (κ3) is 3.53. The van der Waals surface area contributed by atoms with Crippen LogP contribution in [0.3, 0.4) is 0 Å². The minimum atomic E-state index is -0.266. The van der Waals surface area contributed by atoms with Crippen LogP contribution in [-0.4, -0.2) is 18.3 Å². The molecular formula is C22H17NO4. The summed E-state index contributed by atoms with van der Waals surface area (Å²) in [5, 5.41) is 4.78. The Hall–Kier alpha value is -3.60. The third-order valence-corrected chi connectivity index (χ3v) is 4.29. The summed E-state index contributed by atoms with van der Waals surface area (Å²) in [7, 11) is 0. The van der Waals surface area contributed by atoms with E-state index in [1.165, 1.54) is 6.92 Å².